The minimum Gasteiger partial charge on any atom is -0.368 e. The van der Waals surface area contributed by atoms with E-state index < -0.39 is 0 Å². The normalized spacial score (nSPS) is 17.1. The van der Waals surface area contributed by atoms with Crippen LogP contribution in [-0.2, 0) is 11.8 Å². The lowest BCUT2D eigenvalue weighted by Crippen LogP contribution is -2.35. The summed E-state index contributed by atoms with van der Waals surface area (Å²) in [5, 5.41) is 0. The highest BCUT2D eigenvalue weighted by Crippen LogP contribution is 2.55. The lowest BCUT2D eigenvalue weighted by molar-refractivity contribution is 0.327. The minimum absolute atomic E-state index is 0.0548. The number of halogens is 1. The molecule has 0 spiro atoms. The molecular formula is C23H20FN3. The van der Waals surface area contributed by atoms with Gasteiger partial charge in [0.1, 0.15) is 5.82 Å². The smallest absolute Gasteiger partial charge is 0.219 e. The summed E-state index contributed by atoms with van der Waals surface area (Å²) in [4.78, 5) is 8.15. The molecule has 27 heavy (non-hydrogen) atoms. The fourth-order valence-corrected chi connectivity index (χ4v) is 4.48. The zero-order valence-electron chi connectivity index (χ0n) is 15.0. The van der Waals surface area contributed by atoms with Crippen LogP contribution in [0, 0.1) is 5.82 Å². The van der Waals surface area contributed by atoms with Gasteiger partial charge < -0.3 is 5.73 Å². The number of allylic oxidation sites excluding steroid dienone is 2. The van der Waals surface area contributed by atoms with Crippen molar-refractivity contribution in [1.82, 2.24) is 9.97 Å². The predicted molar refractivity (Wildman–Crippen MR) is 105 cm³/mol. The average Bonchev–Trinajstić information content (AvgIpc) is 3.05. The Morgan fingerprint density at radius 3 is 2.33 bits per heavy atom. The van der Waals surface area contributed by atoms with Crippen LogP contribution < -0.4 is 5.73 Å². The maximum absolute atomic E-state index is 13.6. The van der Waals surface area contributed by atoms with Crippen LogP contribution in [-0.4, -0.2) is 9.97 Å². The van der Waals surface area contributed by atoms with Gasteiger partial charge in [-0.2, -0.15) is 0 Å². The Kier molecular flexibility index (Phi) is 3.61. The molecule has 2 N–H and O–H groups in total. The van der Waals surface area contributed by atoms with Crippen molar-refractivity contribution in [3.8, 4) is 11.1 Å². The Balaban J connectivity index is 1.51. The summed E-state index contributed by atoms with van der Waals surface area (Å²) in [6.45, 7) is 0. The van der Waals surface area contributed by atoms with E-state index in [1.54, 1.807) is 24.5 Å². The van der Waals surface area contributed by atoms with Crippen LogP contribution in [0.2, 0.25) is 0 Å². The number of fused-ring (bicyclic) bond motifs is 1. The summed E-state index contributed by atoms with van der Waals surface area (Å²) in [6, 6.07) is 13.9. The number of nitrogens with two attached hydrogens (primary N) is 1. The van der Waals surface area contributed by atoms with Crippen molar-refractivity contribution < 1.29 is 4.39 Å². The number of hydrogen-bond donors (Lipinski definition) is 1. The Morgan fingerprint density at radius 1 is 0.926 bits per heavy atom. The van der Waals surface area contributed by atoms with Gasteiger partial charge in [0.2, 0.25) is 5.95 Å². The van der Waals surface area contributed by atoms with Gasteiger partial charge in [0.15, 0.2) is 0 Å². The molecule has 1 saturated carbocycles. The lowest BCUT2D eigenvalue weighted by atomic mass is 9.59. The van der Waals surface area contributed by atoms with Gasteiger partial charge in [-0.05, 0) is 59.2 Å². The van der Waals surface area contributed by atoms with Gasteiger partial charge in [0, 0.05) is 23.4 Å². The van der Waals surface area contributed by atoms with Gasteiger partial charge in [-0.3, -0.25) is 0 Å². The summed E-state index contributed by atoms with van der Waals surface area (Å²) in [5.74, 6) is 0.133. The molecule has 1 aromatic heterocycles. The molecule has 0 amide bonds. The van der Waals surface area contributed by atoms with Crippen LogP contribution >= 0.6 is 0 Å². The highest BCUT2D eigenvalue weighted by atomic mass is 19.1. The lowest BCUT2D eigenvalue weighted by Gasteiger charge is -2.44. The van der Waals surface area contributed by atoms with Gasteiger partial charge >= 0.3 is 0 Å². The Hall–Kier alpha value is -3.01. The molecule has 134 valence electrons. The van der Waals surface area contributed by atoms with Crippen molar-refractivity contribution in [3.05, 3.63) is 83.4 Å². The second kappa shape index (κ2) is 6.02. The van der Waals surface area contributed by atoms with Crippen molar-refractivity contribution >= 4 is 11.5 Å². The topological polar surface area (TPSA) is 51.8 Å². The van der Waals surface area contributed by atoms with Crippen molar-refractivity contribution in [1.29, 1.82) is 0 Å². The largest absolute Gasteiger partial charge is 0.368 e. The Bertz CT molecular complexity index is 1030. The molecule has 3 aromatic rings. The number of rotatable bonds is 3. The van der Waals surface area contributed by atoms with E-state index in [-0.39, 0.29) is 17.2 Å². The zero-order valence-corrected chi connectivity index (χ0v) is 15.0. The Labute approximate surface area is 157 Å². The summed E-state index contributed by atoms with van der Waals surface area (Å²) in [5.41, 5.74) is 12.7. The zero-order chi connectivity index (χ0) is 18.4. The van der Waals surface area contributed by atoms with E-state index in [9.17, 15) is 4.39 Å². The summed E-state index contributed by atoms with van der Waals surface area (Å²) in [6.07, 6.45) is 10.1. The first-order valence-corrected chi connectivity index (χ1v) is 9.34. The standard InChI is InChI=1S/C23H20FN3/c24-19-7-8-20-16(12-19)4-9-21(20)23(10-1-11-23)18-5-2-15(3-6-18)17-13-26-22(25)27-14-17/h2-3,5-9,12-14H,1,4,10-11H2,(H2,25,26,27). The van der Waals surface area contributed by atoms with Crippen LogP contribution in [0.1, 0.15) is 36.0 Å². The monoisotopic (exact) mass is 357 g/mol. The quantitative estimate of drug-likeness (QED) is 0.723. The number of benzene rings is 2. The summed E-state index contributed by atoms with van der Waals surface area (Å²) in [7, 11) is 0. The van der Waals surface area contributed by atoms with Crippen LogP contribution in [0.25, 0.3) is 16.7 Å². The molecule has 0 atom stereocenters. The Morgan fingerprint density at radius 2 is 1.67 bits per heavy atom. The molecule has 2 aliphatic rings. The SMILES string of the molecule is Nc1ncc(-c2ccc(C3(C4=CCc5cc(F)ccc54)CCC3)cc2)cn1. The van der Waals surface area contributed by atoms with E-state index >= 15 is 0 Å². The number of nitrogen functional groups attached to an aromatic ring is 1. The van der Waals surface area contributed by atoms with E-state index in [4.69, 9.17) is 5.73 Å². The van der Waals surface area contributed by atoms with Gasteiger partial charge in [-0.1, -0.05) is 42.8 Å². The summed E-state index contributed by atoms with van der Waals surface area (Å²) >= 11 is 0. The molecule has 5 rings (SSSR count). The molecule has 1 fully saturated rings. The molecule has 1 heterocycles. The molecule has 2 aromatic carbocycles. The molecule has 0 aliphatic heterocycles. The molecule has 0 saturated heterocycles. The third kappa shape index (κ3) is 2.55. The minimum atomic E-state index is -0.152. The van der Waals surface area contributed by atoms with E-state index in [1.807, 2.05) is 6.07 Å². The molecule has 0 radical (unpaired) electrons. The molecular weight excluding hydrogens is 337 g/mol. The molecule has 0 unspecified atom stereocenters. The van der Waals surface area contributed by atoms with E-state index in [2.05, 4.69) is 40.3 Å². The first-order valence-electron chi connectivity index (χ1n) is 9.34. The van der Waals surface area contributed by atoms with Gasteiger partial charge in [0.25, 0.3) is 0 Å². The second-order valence-corrected chi connectivity index (χ2v) is 7.47. The maximum atomic E-state index is 13.6. The number of anilines is 1. The van der Waals surface area contributed by atoms with Crippen LogP contribution in [0.4, 0.5) is 10.3 Å². The summed E-state index contributed by atoms with van der Waals surface area (Å²) < 4.78 is 13.6. The van der Waals surface area contributed by atoms with E-state index in [1.165, 1.54) is 23.1 Å². The van der Waals surface area contributed by atoms with Gasteiger partial charge in [-0.25, -0.2) is 14.4 Å². The highest BCUT2D eigenvalue weighted by Gasteiger charge is 2.43. The average molecular weight is 357 g/mol. The molecule has 0 bridgehead atoms. The fraction of sp³-hybridized carbons (Fsp3) is 0.217. The first-order chi connectivity index (χ1) is 13.2. The van der Waals surface area contributed by atoms with E-state index in [0.717, 1.165) is 36.0 Å². The van der Waals surface area contributed by atoms with Crippen molar-refractivity contribution in [2.45, 2.75) is 31.1 Å². The molecule has 2 aliphatic carbocycles. The predicted octanol–water partition coefficient (Wildman–Crippen LogP) is 4.93. The van der Waals surface area contributed by atoms with Gasteiger partial charge in [-0.15, -0.1) is 0 Å². The van der Waals surface area contributed by atoms with Crippen LogP contribution in [0.3, 0.4) is 0 Å². The molecule has 4 heteroatoms. The van der Waals surface area contributed by atoms with Crippen LogP contribution in [0.5, 0.6) is 0 Å². The van der Waals surface area contributed by atoms with Crippen molar-refractivity contribution in [3.63, 3.8) is 0 Å². The third-order valence-corrected chi connectivity index (χ3v) is 6.05. The van der Waals surface area contributed by atoms with Crippen molar-refractivity contribution in [2.24, 2.45) is 0 Å². The van der Waals surface area contributed by atoms with Crippen LogP contribution in [0.15, 0.2) is 60.9 Å². The van der Waals surface area contributed by atoms with Crippen molar-refractivity contribution in [2.75, 3.05) is 5.73 Å². The maximum Gasteiger partial charge on any atom is 0.219 e. The highest BCUT2D eigenvalue weighted by molar-refractivity contribution is 5.82. The number of aromatic nitrogens is 2. The second-order valence-electron chi connectivity index (χ2n) is 7.47. The number of hydrogen-bond acceptors (Lipinski definition) is 3. The first kappa shape index (κ1) is 16.2. The van der Waals surface area contributed by atoms with E-state index in [0.29, 0.717) is 0 Å². The third-order valence-electron chi connectivity index (χ3n) is 6.05. The molecule has 3 nitrogen and oxygen atoms in total. The van der Waals surface area contributed by atoms with Gasteiger partial charge in [0.05, 0.1) is 0 Å². The fourth-order valence-electron chi connectivity index (χ4n) is 4.48. The number of nitrogens with zero attached hydrogens (tertiary/aromatic N) is 2.